The highest BCUT2D eigenvalue weighted by atomic mass is 35.5. The van der Waals surface area contributed by atoms with Gasteiger partial charge in [-0.3, -0.25) is 4.79 Å². The van der Waals surface area contributed by atoms with Crippen LogP contribution in [0.3, 0.4) is 0 Å². The number of nitrogens with zero attached hydrogens (tertiary/aromatic N) is 3. The summed E-state index contributed by atoms with van der Waals surface area (Å²) in [6.07, 6.45) is 3.20. The van der Waals surface area contributed by atoms with Crippen molar-refractivity contribution in [2.75, 3.05) is 13.2 Å². The minimum absolute atomic E-state index is 0.0437. The van der Waals surface area contributed by atoms with Crippen LogP contribution in [0, 0.1) is 5.21 Å². The maximum Gasteiger partial charge on any atom is 0.303 e. The van der Waals surface area contributed by atoms with E-state index in [1.54, 1.807) is 30.3 Å². The Labute approximate surface area is 182 Å². The first-order chi connectivity index (χ1) is 14.4. The van der Waals surface area contributed by atoms with Crippen molar-refractivity contribution in [1.82, 2.24) is 9.78 Å². The molecule has 2 aromatic heterocycles. The Morgan fingerprint density at radius 3 is 2.73 bits per heavy atom. The number of hydrogen-bond acceptors (Lipinski definition) is 5. The number of carboxylic acid groups (broad SMARTS) is 1. The second kappa shape index (κ2) is 9.80. The van der Waals surface area contributed by atoms with Crippen molar-refractivity contribution in [3.05, 3.63) is 63.5 Å². The monoisotopic (exact) mass is 451 g/mol. The Morgan fingerprint density at radius 2 is 2.07 bits per heavy atom. The molecule has 0 radical (unpaired) electrons. The van der Waals surface area contributed by atoms with Crippen LogP contribution in [0.15, 0.2) is 42.7 Å². The van der Waals surface area contributed by atoms with Gasteiger partial charge in [0.05, 0.1) is 27.9 Å². The van der Waals surface area contributed by atoms with Gasteiger partial charge in [0.2, 0.25) is 5.88 Å². The van der Waals surface area contributed by atoms with Crippen molar-refractivity contribution < 1.29 is 24.5 Å². The third-order valence-electron chi connectivity index (χ3n) is 4.27. The second-order valence-corrected chi connectivity index (χ2v) is 7.23. The van der Waals surface area contributed by atoms with E-state index in [2.05, 4.69) is 5.10 Å². The Hall–Kier alpha value is -2.81. The predicted molar refractivity (Wildman–Crippen MR) is 111 cm³/mol. The molecule has 0 bridgehead atoms. The number of pyridine rings is 1. The third-order valence-corrected chi connectivity index (χ3v) is 5.01. The van der Waals surface area contributed by atoms with E-state index >= 15 is 0 Å². The maximum absolute atomic E-state index is 11.8. The fourth-order valence-corrected chi connectivity index (χ4v) is 3.22. The molecule has 30 heavy (non-hydrogen) atoms. The highest BCUT2D eigenvalue weighted by Crippen LogP contribution is 2.34. The molecule has 3 aromatic rings. The van der Waals surface area contributed by atoms with Crippen molar-refractivity contribution in [1.29, 1.82) is 0 Å². The van der Waals surface area contributed by atoms with Gasteiger partial charge in [-0.1, -0.05) is 23.2 Å². The van der Waals surface area contributed by atoms with E-state index in [0.29, 0.717) is 49.6 Å². The Morgan fingerprint density at radius 1 is 1.27 bits per heavy atom. The summed E-state index contributed by atoms with van der Waals surface area (Å²) in [4.78, 5) is 10.8. The second-order valence-electron chi connectivity index (χ2n) is 6.41. The van der Waals surface area contributed by atoms with Gasteiger partial charge in [-0.2, -0.15) is 9.83 Å². The first-order valence-electron chi connectivity index (χ1n) is 9.12. The molecule has 0 unspecified atom stereocenters. The van der Waals surface area contributed by atoms with Crippen molar-refractivity contribution in [2.45, 2.75) is 19.3 Å². The van der Waals surface area contributed by atoms with Crippen LogP contribution in [0.2, 0.25) is 10.0 Å². The number of carboxylic acids is 1. The van der Waals surface area contributed by atoms with Crippen LogP contribution < -0.4 is 9.47 Å². The standard InChI is InChI=1S/C20H19Cl2N3O5/c21-16-6-5-14(11-17(16)22)25-20(30-10-2-4-18(27)28)15(7-9-26)19(23-25)13-3-1-8-24(29)12-13/h1,3,5-6,8,11-12,26H,2,4,7,9-10H2,(H,27,28). The van der Waals surface area contributed by atoms with Crippen LogP contribution in [0.4, 0.5) is 0 Å². The van der Waals surface area contributed by atoms with E-state index in [1.807, 2.05) is 0 Å². The molecule has 158 valence electrons. The molecule has 8 nitrogen and oxygen atoms in total. The van der Waals surface area contributed by atoms with Crippen LogP contribution in [0.1, 0.15) is 18.4 Å². The lowest BCUT2D eigenvalue weighted by Crippen LogP contribution is -2.24. The smallest absolute Gasteiger partial charge is 0.303 e. The van der Waals surface area contributed by atoms with Crippen molar-refractivity contribution in [3.63, 3.8) is 0 Å². The quantitative estimate of drug-likeness (QED) is 0.293. The largest absolute Gasteiger partial charge is 0.619 e. The normalized spacial score (nSPS) is 10.9. The number of aliphatic hydroxyl groups excluding tert-OH is 1. The molecule has 0 amide bonds. The van der Waals surface area contributed by atoms with Crippen molar-refractivity contribution >= 4 is 29.2 Å². The lowest BCUT2D eigenvalue weighted by Gasteiger charge is -2.11. The van der Waals surface area contributed by atoms with Crippen LogP contribution in [-0.4, -0.2) is 39.2 Å². The SMILES string of the molecule is O=C(O)CCCOc1c(CCO)c(-c2ccc[n+]([O-])c2)nn1-c1ccc(Cl)c(Cl)c1. The fraction of sp³-hybridized carbons (Fsp3) is 0.250. The van der Waals surface area contributed by atoms with E-state index < -0.39 is 5.97 Å². The molecule has 0 fully saturated rings. The number of rotatable bonds is 9. The summed E-state index contributed by atoms with van der Waals surface area (Å²) in [7, 11) is 0. The summed E-state index contributed by atoms with van der Waals surface area (Å²) < 4.78 is 8.05. The molecule has 10 heteroatoms. The Bertz CT molecular complexity index is 1050. The summed E-state index contributed by atoms with van der Waals surface area (Å²) >= 11 is 12.2. The topological polar surface area (TPSA) is 112 Å². The van der Waals surface area contributed by atoms with Gasteiger partial charge in [-0.15, -0.1) is 0 Å². The van der Waals surface area contributed by atoms with Crippen LogP contribution in [0.25, 0.3) is 16.9 Å². The van der Waals surface area contributed by atoms with Gasteiger partial charge >= 0.3 is 5.97 Å². The molecule has 0 saturated carbocycles. The van der Waals surface area contributed by atoms with Gasteiger partial charge < -0.3 is 20.2 Å². The Kier molecular flexibility index (Phi) is 7.15. The zero-order chi connectivity index (χ0) is 21.7. The van der Waals surface area contributed by atoms with Crippen LogP contribution in [-0.2, 0) is 11.2 Å². The number of halogens is 2. The average molecular weight is 452 g/mol. The molecular weight excluding hydrogens is 433 g/mol. The van der Waals surface area contributed by atoms with Crippen LogP contribution >= 0.6 is 23.2 Å². The number of aliphatic carboxylic acids is 1. The summed E-state index contributed by atoms with van der Waals surface area (Å²) in [6.45, 7) is -0.0384. The number of benzene rings is 1. The van der Waals surface area contributed by atoms with Crippen molar-refractivity contribution in [2.24, 2.45) is 0 Å². The zero-order valence-electron chi connectivity index (χ0n) is 15.8. The molecule has 0 aliphatic heterocycles. The molecule has 2 heterocycles. The number of hydrogen-bond donors (Lipinski definition) is 2. The van der Waals surface area contributed by atoms with Crippen LogP contribution in [0.5, 0.6) is 5.88 Å². The zero-order valence-corrected chi connectivity index (χ0v) is 17.3. The molecule has 0 atom stereocenters. The summed E-state index contributed by atoms with van der Waals surface area (Å²) in [6, 6.07) is 8.26. The average Bonchev–Trinajstić information content (AvgIpc) is 3.06. The molecule has 0 saturated heterocycles. The van der Waals surface area contributed by atoms with Gasteiger partial charge in [0.15, 0.2) is 12.4 Å². The number of aromatic nitrogens is 3. The minimum atomic E-state index is -0.919. The van der Waals surface area contributed by atoms with E-state index in [1.165, 1.54) is 17.1 Å². The van der Waals surface area contributed by atoms with E-state index in [9.17, 15) is 15.1 Å². The molecule has 0 aliphatic rings. The number of aliphatic hydroxyl groups is 1. The fourth-order valence-electron chi connectivity index (χ4n) is 2.93. The predicted octanol–water partition coefficient (Wildman–Crippen LogP) is 3.26. The highest BCUT2D eigenvalue weighted by Gasteiger charge is 2.23. The Balaban J connectivity index is 2.11. The lowest BCUT2D eigenvalue weighted by atomic mass is 10.1. The molecule has 1 aromatic carbocycles. The third kappa shape index (κ3) is 5.02. The van der Waals surface area contributed by atoms with Gasteiger partial charge in [-0.05, 0) is 30.7 Å². The van der Waals surface area contributed by atoms with Gasteiger partial charge in [0.25, 0.3) is 0 Å². The van der Waals surface area contributed by atoms with Crippen molar-refractivity contribution in [3.8, 4) is 22.8 Å². The summed E-state index contributed by atoms with van der Waals surface area (Å²) in [5, 5.41) is 35.5. The molecule has 2 N–H and O–H groups in total. The number of ether oxygens (including phenoxy) is 1. The first-order valence-corrected chi connectivity index (χ1v) is 9.88. The summed E-state index contributed by atoms with van der Waals surface area (Å²) in [5.74, 6) is -0.582. The molecule has 0 aliphatic carbocycles. The minimum Gasteiger partial charge on any atom is -0.619 e. The number of carbonyl (C=O) groups is 1. The maximum atomic E-state index is 11.8. The first kappa shape index (κ1) is 21.9. The van der Waals surface area contributed by atoms with E-state index in [0.717, 1.165) is 0 Å². The van der Waals surface area contributed by atoms with E-state index in [4.69, 9.17) is 33.0 Å². The molecular formula is C20H19Cl2N3O5. The molecule has 3 rings (SSSR count). The molecule has 0 spiro atoms. The van der Waals surface area contributed by atoms with Gasteiger partial charge in [-0.25, -0.2) is 4.68 Å². The van der Waals surface area contributed by atoms with Gasteiger partial charge in [0, 0.05) is 31.1 Å². The van der Waals surface area contributed by atoms with E-state index in [-0.39, 0.29) is 26.1 Å². The summed E-state index contributed by atoms with van der Waals surface area (Å²) in [5.41, 5.74) is 2.16. The lowest BCUT2D eigenvalue weighted by molar-refractivity contribution is -0.604. The highest BCUT2D eigenvalue weighted by molar-refractivity contribution is 6.42. The van der Waals surface area contributed by atoms with Gasteiger partial charge in [0.1, 0.15) is 5.69 Å².